The van der Waals surface area contributed by atoms with E-state index in [2.05, 4.69) is 0 Å². The Morgan fingerprint density at radius 2 is 1.82 bits per heavy atom. The summed E-state index contributed by atoms with van der Waals surface area (Å²) < 4.78 is 44.4. The summed E-state index contributed by atoms with van der Waals surface area (Å²) in [6, 6.07) is 6.15. The summed E-state index contributed by atoms with van der Waals surface area (Å²) >= 11 is 0. The minimum atomic E-state index is -2.52. The average molecular weight is 244 g/mol. The highest BCUT2D eigenvalue weighted by Crippen LogP contribution is 2.36. The molecule has 0 aliphatic heterocycles. The number of para-hydroxylation sites is 1. The second-order valence-corrected chi connectivity index (χ2v) is 4.54. The van der Waals surface area contributed by atoms with Gasteiger partial charge in [0.2, 0.25) is 5.92 Å². The number of alkyl halides is 2. The fraction of sp³-hybridized carbons (Fsp3) is 0.538. The Labute approximate surface area is 98.6 Å². The number of benzene rings is 1. The van der Waals surface area contributed by atoms with Crippen LogP contribution in [0.25, 0.3) is 0 Å². The summed E-state index contributed by atoms with van der Waals surface area (Å²) in [6.45, 7) is 0.316. The monoisotopic (exact) mass is 244 g/mol. The quantitative estimate of drug-likeness (QED) is 0.780. The van der Waals surface area contributed by atoms with Crippen LogP contribution >= 0.6 is 0 Å². The van der Waals surface area contributed by atoms with E-state index in [1.165, 1.54) is 6.07 Å². The van der Waals surface area contributed by atoms with Crippen molar-refractivity contribution in [2.45, 2.75) is 31.6 Å². The zero-order valence-electron chi connectivity index (χ0n) is 9.46. The first kappa shape index (κ1) is 12.3. The van der Waals surface area contributed by atoms with Gasteiger partial charge in [0.15, 0.2) is 11.6 Å². The van der Waals surface area contributed by atoms with Crippen molar-refractivity contribution in [1.82, 2.24) is 0 Å². The Morgan fingerprint density at radius 3 is 2.47 bits per heavy atom. The molecule has 1 aromatic rings. The fourth-order valence-electron chi connectivity index (χ4n) is 2.04. The highest BCUT2D eigenvalue weighted by molar-refractivity contribution is 5.23. The van der Waals surface area contributed by atoms with E-state index in [0.717, 1.165) is 0 Å². The molecule has 1 saturated carbocycles. The maximum atomic E-state index is 13.2. The molecule has 1 aliphatic rings. The fourth-order valence-corrected chi connectivity index (χ4v) is 2.04. The predicted octanol–water partition coefficient (Wildman–Crippen LogP) is 4.03. The predicted molar refractivity (Wildman–Crippen MR) is 58.8 cm³/mol. The molecule has 0 N–H and O–H groups in total. The van der Waals surface area contributed by atoms with Gasteiger partial charge in [0.25, 0.3) is 0 Å². The van der Waals surface area contributed by atoms with Gasteiger partial charge in [0.05, 0.1) is 6.61 Å². The molecule has 0 atom stereocenters. The van der Waals surface area contributed by atoms with Gasteiger partial charge in [-0.2, -0.15) is 0 Å². The van der Waals surface area contributed by atoms with Crippen LogP contribution in [-0.2, 0) is 0 Å². The maximum absolute atomic E-state index is 13.2. The second-order valence-electron chi connectivity index (χ2n) is 4.54. The molecule has 0 amide bonds. The first-order chi connectivity index (χ1) is 8.07. The van der Waals surface area contributed by atoms with Gasteiger partial charge in [-0.05, 0) is 30.9 Å². The van der Waals surface area contributed by atoms with E-state index < -0.39 is 11.7 Å². The van der Waals surface area contributed by atoms with Crippen molar-refractivity contribution in [1.29, 1.82) is 0 Å². The molecule has 0 radical (unpaired) electrons. The van der Waals surface area contributed by atoms with Crippen LogP contribution in [-0.4, -0.2) is 12.5 Å². The minimum Gasteiger partial charge on any atom is -0.490 e. The molecule has 1 nitrogen and oxygen atoms in total. The lowest BCUT2D eigenvalue weighted by Gasteiger charge is -2.28. The lowest BCUT2D eigenvalue weighted by atomic mass is 9.87. The van der Waals surface area contributed by atoms with Gasteiger partial charge in [0, 0.05) is 12.8 Å². The molecule has 1 aromatic carbocycles. The van der Waals surface area contributed by atoms with Crippen LogP contribution in [0.4, 0.5) is 13.2 Å². The Balaban J connectivity index is 1.82. The average Bonchev–Trinajstić information content (AvgIpc) is 2.30. The van der Waals surface area contributed by atoms with E-state index in [1.807, 2.05) is 0 Å². The number of halogens is 3. The molecule has 94 valence electrons. The van der Waals surface area contributed by atoms with Crippen LogP contribution in [0.1, 0.15) is 25.7 Å². The van der Waals surface area contributed by atoms with E-state index >= 15 is 0 Å². The Hall–Kier alpha value is -1.19. The van der Waals surface area contributed by atoms with Crippen LogP contribution < -0.4 is 4.74 Å². The lowest BCUT2D eigenvalue weighted by Crippen LogP contribution is -2.27. The molecule has 0 heterocycles. The molecule has 2 rings (SSSR count). The van der Waals surface area contributed by atoms with E-state index in [-0.39, 0.29) is 24.5 Å². The zero-order chi connectivity index (χ0) is 12.3. The van der Waals surface area contributed by atoms with Gasteiger partial charge in [-0.1, -0.05) is 12.1 Å². The van der Waals surface area contributed by atoms with Crippen LogP contribution in [0.2, 0.25) is 0 Å². The molecule has 0 bridgehead atoms. The van der Waals surface area contributed by atoms with Gasteiger partial charge in [0.1, 0.15) is 0 Å². The molecular weight excluding hydrogens is 229 g/mol. The SMILES string of the molecule is Fc1ccccc1OCC1CCC(F)(F)CC1. The number of ether oxygens (including phenoxy) is 1. The number of rotatable bonds is 3. The van der Waals surface area contributed by atoms with Gasteiger partial charge in [-0.3, -0.25) is 0 Å². The molecule has 0 saturated heterocycles. The largest absolute Gasteiger partial charge is 0.490 e. The van der Waals surface area contributed by atoms with Crippen LogP contribution in [0.5, 0.6) is 5.75 Å². The lowest BCUT2D eigenvalue weighted by molar-refractivity contribution is -0.0499. The number of hydrogen-bond acceptors (Lipinski definition) is 1. The van der Waals surface area contributed by atoms with Crippen molar-refractivity contribution in [2.24, 2.45) is 5.92 Å². The van der Waals surface area contributed by atoms with Gasteiger partial charge >= 0.3 is 0 Å². The summed E-state index contributed by atoms with van der Waals surface area (Å²) in [5, 5.41) is 0. The highest BCUT2D eigenvalue weighted by atomic mass is 19.3. The van der Waals surface area contributed by atoms with Crippen LogP contribution in [0, 0.1) is 11.7 Å². The van der Waals surface area contributed by atoms with Gasteiger partial charge in [-0.15, -0.1) is 0 Å². The zero-order valence-corrected chi connectivity index (χ0v) is 9.46. The molecule has 0 aromatic heterocycles. The summed E-state index contributed by atoms with van der Waals surface area (Å²) in [5.74, 6) is -2.62. The summed E-state index contributed by atoms with van der Waals surface area (Å²) in [4.78, 5) is 0. The first-order valence-electron chi connectivity index (χ1n) is 5.82. The Kier molecular flexibility index (Phi) is 3.60. The van der Waals surface area contributed by atoms with Crippen molar-refractivity contribution < 1.29 is 17.9 Å². The van der Waals surface area contributed by atoms with Crippen molar-refractivity contribution in [3.05, 3.63) is 30.1 Å². The summed E-state index contributed by atoms with van der Waals surface area (Å²) in [5.41, 5.74) is 0. The molecule has 0 spiro atoms. The van der Waals surface area contributed by atoms with Gasteiger partial charge < -0.3 is 4.74 Å². The van der Waals surface area contributed by atoms with E-state index in [1.54, 1.807) is 18.2 Å². The molecule has 1 fully saturated rings. The van der Waals surface area contributed by atoms with E-state index in [9.17, 15) is 13.2 Å². The van der Waals surface area contributed by atoms with Crippen molar-refractivity contribution in [3.63, 3.8) is 0 Å². The standard InChI is InChI=1S/C13H15F3O/c14-11-3-1-2-4-12(11)17-9-10-5-7-13(15,16)8-6-10/h1-4,10H,5-9H2. The third kappa shape index (κ3) is 3.38. The second kappa shape index (κ2) is 4.98. The Morgan fingerprint density at radius 1 is 1.18 bits per heavy atom. The molecule has 17 heavy (non-hydrogen) atoms. The minimum absolute atomic E-state index is 0.0850. The van der Waals surface area contributed by atoms with E-state index in [0.29, 0.717) is 19.4 Å². The number of hydrogen-bond donors (Lipinski definition) is 0. The summed E-state index contributed by atoms with van der Waals surface area (Å²) in [6.07, 6.45) is 0.722. The van der Waals surface area contributed by atoms with Crippen LogP contribution in [0.3, 0.4) is 0 Å². The Bertz CT molecular complexity index is 369. The third-order valence-corrected chi connectivity index (χ3v) is 3.15. The molecule has 4 heteroatoms. The highest BCUT2D eigenvalue weighted by Gasteiger charge is 2.35. The van der Waals surface area contributed by atoms with Crippen LogP contribution in [0.15, 0.2) is 24.3 Å². The molecule has 1 aliphatic carbocycles. The molecular formula is C13H15F3O. The van der Waals surface area contributed by atoms with E-state index in [4.69, 9.17) is 4.74 Å². The van der Waals surface area contributed by atoms with Crippen molar-refractivity contribution >= 4 is 0 Å². The first-order valence-corrected chi connectivity index (χ1v) is 5.82. The topological polar surface area (TPSA) is 9.23 Å². The maximum Gasteiger partial charge on any atom is 0.248 e. The third-order valence-electron chi connectivity index (χ3n) is 3.15. The van der Waals surface area contributed by atoms with Gasteiger partial charge in [-0.25, -0.2) is 13.2 Å². The summed E-state index contributed by atoms with van der Waals surface area (Å²) in [7, 11) is 0. The smallest absolute Gasteiger partial charge is 0.248 e. The van der Waals surface area contributed by atoms with Crippen molar-refractivity contribution in [2.75, 3.05) is 6.61 Å². The van der Waals surface area contributed by atoms with Crippen molar-refractivity contribution in [3.8, 4) is 5.75 Å². The normalized spacial score (nSPS) is 20.2. The molecule has 0 unspecified atom stereocenters.